The van der Waals surface area contributed by atoms with Gasteiger partial charge < -0.3 is 29.9 Å². The van der Waals surface area contributed by atoms with Crippen LogP contribution in [0.25, 0.3) is 0 Å². The molecule has 0 spiro atoms. The van der Waals surface area contributed by atoms with E-state index in [-0.39, 0.29) is 12.1 Å². The number of benzene rings is 1. The Morgan fingerprint density at radius 2 is 1.13 bits per heavy atom. The van der Waals surface area contributed by atoms with Gasteiger partial charge in [-0.25, -0.2) is 9.59 Å². The Kier molecular flexibility index (Phi) is 6.88. The Hall–Kier alpha value is -2.32. The average Bonchev–Trinajstić information content (AvgIpc) is 2.74. The Labute approximate surface area is 178 Å². The molecule has 2 aliphatic heterocycles. The van der Waals surface area contributed by atoms with Crippen molar-refractivity contribution in [2.45, 2.75) is 38.8 Å². The van der Waals surface area contributed by atoms with Crippen molar-refractivity contribution in [3.05, 3.63) is 35.4 Å². The summed E-state index contributed by atoms with van der Waals surface area (Å²) in [6.45, 7) is 12.6. The zero-order chi connectivity index (χ0) is 21.8. The predicted octanol–water partition coefficient (Wildman–Crippen LogP) is 2.24. The lowest BCUT2D eigenvalue weighted by atomic mass is 9.87. The molecule has 0 aliphatic carbocycles. The van der Waals surface area contributed by atoms with Gasteiger partial charge in [0.1, 0.15) is 0 Å². The standard InChI is InChI=1S/C22H34N4O4/c1-21(2,23-19(27)25-8-12-29-13-9-25)17-6-5-7-18(16-17)22(3,4)24-20(28)26-10-14-30-15-11-26/h5-7,16H,8-15H2,1-4H3,(H,23,27)(H,24,28). The van der Waals surface area contributed by atoms with E-state index in [4.69, 9.17) is 9.47 Å². The Balaban J connectivity index is 1.70. The maximum Gasteiger partial charge on any atom is 0.318 e. The zero-order valence-corrected chi connectivity index (χ0v) is 18.5. The van der Waals surface area contributed by atoms with Crippen LogP contribution < -0.4 is 10.6 Å². The van der Waals surface area contributed by atoms with Crippen LogP contribution in [0, 0.1) is 0 Å². The van der Waals surface area contributed by atoms with E-state index >= 15 is 0 Å². The minimum Gasteiger partial charge on any atom is -0.378 e. The SMILES string of the molecule is CC(C)(NC(=O)N1CCOCC1)c1cccc(C(C)(C)NC(=O)N2CCOCC2)c1. The van der Waals surface area contributed by atoms with Gasteiger partial charge >= 0.3 is 12.1 Å². The third-order valence-corrected chi connectivity index (χ3v) is 5.74. The molecule has 2 heterocycles. The van der Waals surface area contributed by atoms with E-state index < -0.39 is 11.1 Å². The topological polar surface area (TPSA) is 83.1 Å². The molecule has 0 radical (unpaired) electrons. The van der Waals surface area contributed by atoms with Gasteiger partial charge in [0.05, 0.1) is 37.5 Å². The quantitative estimate of drug-likeness (QED) is 0.786. The van der Waals surface area contributed by atoms with Crippen LogP contribution in [0.2, 0.25) is 0 Å². The smallest absolute Gasteiger partial charge is 0.318 e. The summed E-state index contributed by atoms with van der Waals surface area (Å²) in [4.78, 5) is 28.9. The van der Waals surface area contributed by atoms with Gasteiger partial charge in [-0.15, -0.1) is 0 Å². The molecule has 2 saturated heterocycles. The first-order chi connectivity index (χ1) is 14.2. The van der Waals surface area contributed by atoms with Crippen LogP contribution in [-0.2, 0) is 20.6 Å². The molecule has 30 heavy (non-hydrogen) atoms. The number of carbonyl (C=O) groups is 2. The lowest BCUT2D eigenvalue weighted by Crippen LogP contribution is -2.52. The number of hydrogen-bond acceptors (Lipinski definition) is 4. The van der Waals surface area contributed by atoms with Gasteiger partial charge in [-0.3, -0.25) is 0 Å². The van der Waals surface area contributed by atoms with Gasteiger partial charge in [0, 0.05) is 26.2 Å². The molecule has 4 amide bonds. The van der Waals surface area contributed by atoms with Crippen molar-refractivity contribution in [1.29, 1.82) is 0 Å². The fourth-order valence-corrected chi connectivity index (χ4v) is 3.67. The van der Waals surface area contributed by atoms with Gasteiger partial charge in [-0.2, -0.15) is 0 Å². The highest BCUT2D eigenvalue weighted by Gasteiger charge is 2.30. The van der Waals surface area contributed by atoms with Crippen LogP contribution in [0.3, 0.4) is 0 Å². The highest BCUT2D eigenvalue weighted by atomic mass is 16.5. The first-order valence-corrected chi connectivity index (χ1v) is 10.6. The highest BCUT2D eigenvalue weighted by molar-refractivity contribution is 5.76. The third-order valence-electron chi connectivity index (χ3n) is 5.74. The third kappa shape index (κ3) is 5.43. The van der Waals surface area contributed by atoms with Gasteiger partial charge in [0.15, 0.2) is 0 Å². The van der Waals surface area contributed by atoms with E-state index in [2.05, 4.69) is 16.7 Å². The molecule has 2 aliphatic rings. The number of urea groups is 2. The van der Waals surface area contributed by atoms with Gasteiger partial charge in [-0.1, -0.05) is 24.3 Å². The molecule has 0 saturated carbocycles. The highest BCUT2D eigenvalue weighted by Crippen LogP contribution is 2.27. The normalized spacial score (nSPS) is 18.1. The average molecular weight is 419 g/mol. The maximum atomic E-state index is 12.7. The van der Waals surface area contributed by atoms with E-state index in [9.17, 15) is 9.59 Å². The molecule has 3 rings (SSSR count). The molecule has 2 fully saturated rings. The van der Waals surface area contributed by atoms with Crippen LogP contribution in [0.5, 0.6) is 0 Å². The number of amides is 4. The largest absolute Gasteiger partial charge is 0.378 e. The number of ether oxygens (including phenoxy) is 2. The van der Waals surface area contributed by atoms with Gasteiger partial charge in [-0.05, 0) is 38.8 Å². The van der Waals surface area contributed by atoms with E-state index in [1.165, 1.54) is 0 Å². The van der Waals surface area contributed by atoms with E-state index in [1.807, 2.05) is 45.9 Å². The second-order valence-electron chi connectivity index (χ2n) is 8.89. The summed E-state index contributed by atoms with van der Waals surface area (Å²) >= 11 is 0. The lowest BCUT2D eigenvalue weighted by Gasteiger charge is -2.35. The van der Waals surface area contributed by atoms with E-state index in [0.29, 0.717) is 52.6 Å². The van der Waals surface area contributed by atoms with Crippen molar-refractivity contribution in [2.75, 3.05) is 52.6 Å². The molecule has 166 valence electrons. The summed E-state index contributed by atoms with van der Waals surface area (Å²) in [6.07, 6.45) is 0. The second-order valence-corrected chi connectivity index (χ2v) is 8.89. The van der Waals surface area contributed by atoms with Crippen molar-refractivity contribution in [2.24, 2.45) is 0 Å². The summed E-state index contributed by atoms with van der Waals surface area (Å²) in [5.41, 5.74) is 0.844. The molecule has 0 atom stereocenters. The molecule has 0 unspecified atom stereocenters. The monoisotopic (exact) mass is 418 g/mol. The molecule has 8 heteroatoms. The van der Waals surface area contributed by atoms with Crippen molar-refractivity contribution >= 4 is 12.1 Å². The number of hydrogen-bond donors (Lipinski definition) is 2. The zero-order valence-electron chi connectivity index (χ0n) is 18.5. The molecular weight excluding hydrogens is 384 g/mol. The van der Waals surface area contributed by atoms with Gasteiger partial charge in [0.2, 0.25) is 0 Å². The summed E-state index contributed by atoms with van der Waals surface area (Å²) in [5, 5.41) is 6.27. The fraction of sp³-hybridized carbons (Fsp3) is 0.636. The number of nitrogens with one attached hydrogen (secondary N) is 2. The molecule has 2 N–H and O–H groups in total. The van der Waals surface area contributed by atoms with Crippen molar-refractivity contribution in [1.82, 2.24) is 20.4 Å². The number of rotatable bonds is 4. The Bertz CT molecular complexity index is 694. The van der Waals surface area contributed by atoms with Crippen molar-refractivity contribution in [3.63, 3.8) is 0 Å². The van der Waals surface area contributed by atoms with Crippen molar-refractivity contribution < 1.29 is 19.1 Å². The molecule has 8 nitrogen and oxygen atoms in total. The lowest BCUT2D eigenvalue weighted by molar-refractivity contribution is 0.0513. The van der Waals surface area contributed by atoms with Crippen LogP contribution in [0.4, 0.5) is 9.59 Å². The first-order valence-electron chi connectivity index (χ1n) is 10.6. The Morgan fingerprint density at radius 1 is 0.767 bits per heavy atom. The van der Waals surface area contributed by atoms with E-state index in [1.54, 1.807) is 9.80 Å². The van der Waals surface area contributed by atoms with Crippen LogP contribution >= 0.6 is 0 Å². The Morgan fingerprint density at radius 3 is 1.50 bits per heavy atom. The second kappa shape index (κ2) is 9.22. The number of carbonyl (C=O) groups excluding carboxylic acids is 2. The van der Waals surface area contributed by atoms with Crippen LogP contribution in [-0.4, -0.2) is 74.5 Å². The van der Waals surface area contributed by atoms with Crippen LogP contribution in [0.1, 0.15) is 38.8 Å². The summed E-state index contributed by atoms with van der Waals surface area (Å²) in [6, 6.07) is 7.85. The first kappa shape index (κ1) is 22.4. The van der Waals surface area contributed by atoms with Gasteiger partial charge in [0.25, 0.3) is 0 Å². The predicted molar refractivity (Wildman–Crippen MR) is 114 cm³/mol. The molecule has 1 aromatic carbocycles. The van der Waals surface area contributed by atoms with E-state index in [0.717, 1.165) is 11.1 Å². The number of nitrogens with zero attached hydrogens (tertiary/aromatic N) is 2. The van der Waals surface area contributed by atoms with Crippen LogP contribution in [0.15, 0.2) is 24.3 Å². The molecule has 0 aromatic heterocycles. The fourth-order valence-electron chi connectivity index (χ4n) is 3.67. The molecule has 0 bridgehead atoms. The summed E-state index contributed by atoms with van der Waals surface area (Å²) < 4.78 is 10.7. The summed E-state index contributed by atoms with van der Waals surface area (Å²) in [7, 11) is 0. The minimum absolute atomic E-state index is 0.0893. The molecular formula is C22H34N4O4. The van der Waals surface area contributed by atoms with Crippen molar-refractivity contribution in [3.8, 4) is 0 Å². The summed E-state index contributed by atoms with van der Waals surface area (Å²) in [5.74, 6) is 0. The molecule has 1 aromatic rings. The minimum atomic E-state index is -0.560. The number of morpholine rings is 2. The maximum absolute atomic E-state index is 12.7.